The molecule has 0 saturated heterocycles. The highest BCUT2D eigenvalue weighted by Gasteiger charge is 2.24. The summed E-state index contributed by atoms with van der Waals surface area (Å²) >= 11 is 0. The van der Waals surface area contributed by atoms with Crippen LogP contribution in [0.1, 0.15) is 20.8 Å². The molecule has 0 amide bonds. The monoisotopic (exact) mass is 164 g/mol. The SMILES string of the molecule is CC.CC1=CC=CC2NN=CC12. The second-order valence-electron chi connectivity index (χ2n) is 2.75. The summed E-state index contributed by atoms with van der Waals surface area (Å²) in [6.07, 6.45) is 8.34. The van der Waals surface area contributed by atoms with Crippen molar-refractivity contribution in [3.63, 3.8) is 0 Å². The second-order valence-corrected chi connectivity index (χ2v) is 2.75. The van der Waals surface area contributed by atoms with Crippen LogP contribution in [0, 0.1) is 5.92 Å². The number of hydrazone groups is 1. The molecule has 1 heterocycles. The topological polar surface area (TPSA) is 24.4 Å². The molecule has 2 atom stereocenters. The van der Waals surface area contributed by atoms with Gasteiger partial charge in [0.25, 0.3) is 0 Å². The molecule has 0 saturated carbocycles. The molecular weight excluding hydrogens is 148 g/mol. The summed E-state index contributed by atoms with van der Waals surface area (Å²) in [6.45, 7) is 6.14. The first-order valence-corrected chi connectivity index (χ1v) is 4.51. The Kier molecular flexibility index (Phi) is 3.09. The predicted octanol–water partition coefficient (Wildman–Crippen LogP) is 2.10. The first-order chi connectivity index (χ1) is 5.88. The predicted molar refractivity (Wildman–Crippen MR) is 53.2 cm³/mol. The number of hydrogen-bond acceptors (Lipinski definition) is 2. The summed E-state index contributed by atoms with van der Waals surface area (Å²) < 4.78 is 0. The highest BCUT2D eigenvalue weighted by molar-refractivity contribution is 5.69. The number of fused-ring (bicyclic) bond motifs is 1. The van der Waals surface area contributed by atoms with Crippen LogP contribution in [-0.2, 0) is 0 Å². The first-order valence-electron chi connectivity index (χ1n) is 4.51. The van der Waals surface area contributed by atoms with Gasteiger partial charge in [-0.05, 0) is 6.92 Å². The normalized spacial score (nSPS) is 29.8. The highest BCUT2D eigenvalue weighted by atomic mass is 15.3. The summed E-state index contributed by atoms with van der Waals surface area (Å²) in [5.41, 5.74) is 4.42. The maximum absolute atomic E-state index is 4.01. The third-order valence-corrected chi connectivity index (χ3v) is 2.05. The summed E-state index contributed by atoms with van der Waals surface area (Å²) in [7, 11) is 0. The Labute approximate surface area is 74.1 Å². The Morgan fingerprint density at radius 2 is 2.17 bits per heavy atom. The van der Waals surface area contributed by atoms with Crippen molar-refractivity contribution < 1.29 is 0 Å². The molecule has 2 rings (SSSR count). The van der Waals surface area contributed by atoms with Crippen LogP contribution in [0.5, 0.6) is 0 Å². The minimum absolute atomic E-state index is 0.421. The van der Waals surface area contributed by atoms with Gasteiger partial charge in [-0.1, -0.05) is 37.6 Å². The third kappa shape index (κ3) is 1.58. The van der Waals surface area contributed by atoms with Crippen molar-refractivity contribution in [3.8, 4) is 0 Å². The number of hydrogen-bond donors (Lipinski definition) is 1. The fraction of sp³-hybridized carbons (Fsp3) is 0.500. The Balaban J connectivity index is 0.000000336. The Hall–Kier alpha value is -1.05. The lowest BCUT2D eigenvalue weighted by Gasteiger charge is -2.17. The second kappa shape index (κ2) is 4.10. The lowest BCUT2D eigenvalue weighted by atomic mass is 9.91. The van der Waals surface area contributed by atoms with Gasteiger partial charge in [0.1, 0.15) is 0 Å². The van der Waals surface area contributed by atoms with E-state index >= 15 is 0 Å². The van der Waals surface area contributed by atoms with Gasteiger partial charge in [0.15, 0.2) is 0 Å². The number of rotatable bonds is 0. The fourth-order valence-electron chi connectivity index (χ4n) is 1.38. The molecule has 0 aromatic carbocycles. The minimum Gasteiger partial charge on any atom is -0.302 e. The van der Waals surface area contributed by atoms with Crippen LogP contribution in [0.25, 0.3) is 0 Å². The molecule has 0 bridgehead atoms. The zero-order valence-corrected chi connectivity index (χ0v) is 7.91. The van der Waals surface area contributed by atoms with E-state index in [0.29, 0.717) is 12.0 Å². The van der Waals surface area contributed by atoms with Crippen LogP contribution in [0.4, 0.5) is 0 Å². The van der Waals surface area contributed by atoms with Crippen LogP contribution < -0.4 is 5.43 Å². The largest absolute Gasteiger partial charge is 0.302 e. The van der Waals surface area contributed by atoms with Crippen molar-refractivity contribution in [2.75, 3.05) is 0 Å². The van der Waals surface area contributed by atoms with Crippen molar-refractivity contribution in [3.05, 3.63) is 23.8 Å². The van der Waals surface area contributed by atoms with E-state index in [-0.39, 0.29) is 0 Å². The summed E-state index contributed by atoms with van der Waals surface area (Å²) in [5, 5.41) is 4.01. The number of allylic oxidation sites excluding steroid dienone is 2. The van der Waals surface area contributed by atoms with Gasteiger partial charge in [-0.15, -0.1) is 0 Å². The van der Waals surface area contributed by atoms with E-state index in [4.69, 9.17) is 0 Å². The molecule has 0 spiro atoms. The van der Waals surface area contributed by atoms with Gasteiger partial charge in [-0.2, -0.15) is 5.10 Å². The average Bonchev–Trinajstić information content (AvgIpc) is 2.57. The maximum Gasteiger partial charge on any atom is 0.0738 e. The van der Waals surface area contributed by atoms with Crippen molar-refractivity contribution in [2.24, 2.45) is 11.0 Å². The molecule has 12 heavy (non-hydrogen) atoms. The molecule has 0 radical (unpaired) electrons. The van der Waals surface area contributed by atoms with Crippen molar-refractivity contribution in [2.45, 2.75) is 26.8 Å². The summed E-state index contributed by atoms with van der Waals surface area (Å²) in [5.74, 6) is 0.505. The average molecular weight is 164 g/mol. The van der Waals surface area contributed by atoms with E-state index in [0.717, 1.165) is 0 Å². The molecule has 0 fully saturated rings. The fourth-order valence-corrected chi connectivity index (χ4v) is 1.38. The molecule has 66 valence electrons. The van der Waals surface area contributed by atoms with Crippen molar-refractivity contribution >= 4 is 6.21 Å². The smallest absolute Gasteiger partial charge is 0.0738 e. The van der Waals surface area contributed by atoms with E-state index in [1.807, 2.05) is 20.1 Å². The number of nitrogens with zero attached hydrogens (tertiary/aromatic N) is 1. The van der Waals surface area contributed by atoms with Crippen LogP contribution in [0.15, 0.2) is 28.9 Å². The zero-order chi connectivity index (χ0) is 8.97. The standard InChI is InChI=1S/C8H10N2.C2H6/c1-6-3-2-4-8-7(6)5-9-10-8;1-2/h2-5,7-8,10H,1H3;1-2H3. The molecule has 1 N–H and O–H groups in total. The third-order valence-electron chi connectivity index (χ3n) is 2.05. The Bertz CT molecular complexity index is 226. The van der Waals surface area contributed by atoms with Crippen molar-refractivity contribution in [1.82, 2.24) is 5.43 Å². The Morgan fingerprint density at radius 3 is 2.83 bits per heavy atom. The molecule has 1 aliphatic carbocycles. The van der Waals surface area contributed by atoms with Gasteiger partial charge < -0.3 is 5.43 Å². The van der Waals surface area contributed by atoms with Gasteiger partial charge >= 0.3 is 0 Å². The molecule has 0 aromatic heterocycles. The highest BCUT2D eigenvalue weighted by Crippen LogP contribution is 2.21. The van der Waals surface area contributed by atoms with Crippen LogP contribution in [0.2, 0.25) is 0 Å². The van der Waals surface area contributed by atoms with Crippen LogP contribution in [-0.4, -0.2) is 12.3 Å². The minimum atomic E-state index is 0.421. The van der Waals surface area contributed by atoms with Crippen molar-refractivity contribution in [1.29, 1.82) is 0 Å². The maximum atomic E-state index is 4.01. The first kappa shape index (κ1) is 9.04. The Morgan fingerprint density at radius 1 is 1.42 bits per heavy atom. The summed E-state index contributed by atoms with van der Waals surface area (Å²) in [6, 6.07) is 0.421. The van der Waals surface area contributed by atoms with Gasteiger partial charge in [0.05, 0.1) is 6.04 Å². The quantitative estimate of drug-likeness (QED) is 0.582. The van der Waals surface area contributed by atoms with E-state index < -0.39 is 0 Å². The molecular formula is C10H16N2. The van der Waals surface area contributed by atoms with Gasteiger partial charge in [-0.3, -0.25) is 0 Å². The van der Waals surface area contributed by atoms with E-state index in [1.54, 1.807) is 0 Å². The molecule has 2 unspecified atom stereocenters. The van der Waals surface area contributed by atoms with Gasteiger partial charge in [-0.25, -0.2) is 0 Å². The zero-order valence-electron chi connectivity index (χ0n) is 7.91. The van der Waals surface area contributed by atoms with E-state index in [1.165, 1.54) is 5.57 Å². The molecule has 2 aliphatic rings. The molecule has 1 aliphatic heterocycles. The molecule has 0 aromatic rings. The van der Waals surface area contributed by atoms with Crippen LogP contribution in [0.3, 0.4) is 0 Å². The van der Waals surface area contributed by atoms with E-state index in [9.17, 15) is 0 Å². The lowest BCUT2D eigenvalue weighted by molar-refractivity contribution is 0.603. The number of nitrogens with one attached hydrogen (secondary N) is 1. The van der Waals surface area contributed by atoms with Gasteiger partial charge in [0, 0.05) is 12.1 Å². The lowest BCUT2D eigenvalue weighted by Crippen LogP contribution is -2.27. The van der Waals surface area contributed by atoms with Crippen LogP contribution >= 0.6 is 0 Å². The molecule has 2 nitrogen and oxygen atoms in total. The summed E-state index contributed by atoms with van der Waals surface area (Å²) in [4.78, 5) is 0. The van der Waals surface area contributed by atoms with E-state index in [2.05, 4.69) is 35.7 Å². The molecule has 2 heteroatoms. The van der Waals surface area contributed by atoms with Gasteiger partial charge in [0.2, 0.25) is 0 Å².